The lowest BCUT2D eigenvalue weighted by atomic mass is 10.0. The average molecular weight is 437 g/mol. The second kappa shape index (κ2) is 8.62. The minimum absolute atomic E-state index is 0.000881. The fraction of sp³-hybridized carbons (Fsp3) is 0.520. The Labute approximate surface area is 189 Å². The highest BCUT2D eigenvalue weighted by Crippen LogP contribution is 2.33. The van der Waals surface area contributed by atoms with Gasteiger partial charge in [-0.2, -0.15) is 0 Å². The molecule has 1 aromatic carbocycles. The molecule has 2 aromatic rings. The van der Waals surface area contributed by atoms with E-state index in [1.807, 2.05) is 17.9 Å². The molecule has 170 valence electrons. The zero-order valence-electron chi connectivity index (χ0n) is 19.4. The van der Waals surface area contributed by atoms with Crippen LogP contribution in [-0.4, -0.2) is 57.0 Å². The summed E-state index contributed by atoms with van der Waals surface area (Å²) in [4.78, 5) is 38.4. The maximum atomic E-state index is 12.8. The van der Waals surface area contributed by atoms with Crippen molar-refractivity contribution in [1.29, 1.82) is 0 Å². The Morgan fingerprint density at radius 3 is 2.72 bits per heavy atom. The molecule has 2 aliphatic heterocycles. The molecule has 1 atom stereocenters. The molecule has 0 aliphatic carbocycles. The van der Waals surface area contributed by atoms with Gasteiger partial charge in [0.2, 0.25) is 5.91 Å². The van der Waals surface area contributed by atoms with Gasteiger partial charge in [-0.05, 0) is 52.5 Å². The number of likely N-dealkylation sites (tertiary alicyclic amines) is 1. The van der Waals surface area contributed by atoms with Gasteiger partial charge >= 0.3 is 0 Å². The van der Waals surface area contributed by atoms with Gasteiger partial charge in [-0.3, -0.25) is 14.5 Å². The standard InChI is InChI=1S/C25H32N4O3/c1-16-6-5-7-18(14-16)10-13-29-21(30)9-8-20-17(2)26-22(27-23(20)29)19-11-12-28(15-19)24(31)25(3,4)32/h5-7,14,19,32H,8-13,15H2,1-4H3/t19-/m1/s1. The molecule has 0 radical (unpaired) electrons. The highest BCUT2D eigenvalue weighted by atomic mass is 16.3. The highest BCUT2D eigenvalue weighted by molar-refractivity contribution is 5.95. The summed E-state index contributed by atoms with van der Waals surface area (Å²) in [5.74, 6) is 1.23. The number of anilines is 1. The van der Waals surface area contributed by atoms with Crippen molar-refractivity contribution in [3.05, 3.63) is 52.5 Å². The van der Waals surface area contributed by atoms with Gasteiger partial charge in [-0.25, -0.2) is 9.97 Å². The number of nitrogens with zero attached hydrogens (tertiary/aromatic N) is 4. The first-order valence-corrected chi connectivity index (χ1v) is 11.4. The first kappa shape index (κ1) is 22.4. The van der Waals surface area contributed by atoms with Crippen LogP contribution < -0.4 is 4.90 Å². The number of benzene rings is 1. The monoisotopic (exact) mass is 436 g/mol. The van der Waals surface area contributed by atoms with Crippen molar-refractivity contribution in [2.45, 2.75) is 64.9 Å². The van der Waals surface area contributed by atoms with Crippen molar-refractivity contribution in [1.82, 2.24) is 14.9 Å². The van der Waals surface area contributed by atoms with Crippen LogP contribution in [0.15, 0.2) is 24.3 Å². The summed E-state index contributed by atoms with van der Waals surface area (Å²) in [6.07, 6.45) is 2.65. The Balaban J connectivity index is 1.57. The Bertz CT molecular complexity index is 1040. The molecule has 0 bridgehead atoms. The Morgan fingerprint density at radius 2 is 2.00 bits per heavy atom. The summed E-state index contributed by atoms with van der Waals surface area (Å²) >= 11 is 0. The summed E-state index contributed by atoms with van der Waals surface area (Å²) in [6, 6.07) is 8.35. The van der Waals surface area contributed by atoms with Crippen molar-refractivity contribution >= 4 is 17.6 Å². The zero-order valence-corrected chi connectivity index (χ0v) is 19.4. The van der Waals surface area contributed by atoms with Crippen LogP contribution in [0.2, 0.25) is 0 Å². The lowest BCUT2D eigenvalue weighted by Gasteiger charge is -2.30. The average Bonchev–Trinajstić information content (AvgIpc) is 3.21. The third-order valence-electron chi connectivity index (χ3n) is 6.43. The molecule has 0 saturated carbocycles. The van der Waals surface area contributed by atoms with Gasteiger partial charge in [0.1, 0.15) is 17.2 Å². The van der Waals surface area contributed by atoms with E-state index in [4.69, 9.17) is 9.97 Å². The molecule has 1 fully saturated rings. The SMILES string of the molecule is Cc1cccc(CCN2C(=O)CCc3c(C)nc([C@@H]4CCN(C(=O)C(C)(C)O)C4)nc32)c1. The molecule has 1 aromatic heterocycles. The molecule has 0 spiro atoms. The zero-order chi connectivity index (χ0) is 23.0. The summed E-state index contributed by atoms with van der Waals surface area (Å²) in [6.45, 7) is 8.72. The van der Waals surface area contributed by atoms with E-state index in [1.54, 1.807) is 4.90 Å². The van der Waals surface area contributed by atoms with Crippen molar-refractivity contribution in [3.63, 3.8) is 0 Å². The maximum Gasteiger partial charge on any atom is 0.253 e. The van der Waals surface area contributed by atoms with Gasteiger partial charge in [-0.15, -0.1) is 0 Å². The minimum atomic E-state index is -1.39. The van der Waals surface area contributed by atoms with E-state index in [2.05, 4.69) is 25.1 Å². The second-order valence-electron chi connectivity index (χ2n) is 9.55. The van der Waals surface area contributed by atoms with Crippen LogP contribution in [0, 0.1) is 13.8 Å². The topological polar surface area (TPSA) is 86.6 Å². The van der Waals surface area contributed by atoms with Gasteiger partial charge in [0.05, 0.1) is 0 Å². The fourth-order valence-corrected chi connectivity index (χ4v) is 4.67. The molecular formula is C25H32N4O3. The van der Waals surface area contributed by atoms with E-state index in [-0.39, 0.29) is 17.7 Å². The number of amides is 2. The lowest BCUT2D eigenvalue weighted by Crippen LogP contribution is -2.44. The molecule has 7 nitrogen and oxygen atoms in total. The first-order chi connectivity index (χ1) is 15.1. The molecular weight excluding hydrogens is 404 g/mol. The third kappa shape index (κ3) is 4.53. The summed E-state index contributed by atoms with van der Waals surface area (Å²) in [5.41, 5.74) is 2.97. The van der Waals surface area contributed by atoms with E-state index >= 15 is 0 Å². The number of fused-ring (bicyclic) bond motifs is 1. The summed E-state index contributed by atoms with van der Waals surface area (Å²) in [7, 11) is 0. The lowest BCUT2D eigenvalue weighted by molar-refractivity contribution is -0.146. The van der Waals surface area contributed by atoms with Crippen LogP contribution in [0.5, 0.6) is 0 Å². The van der Waals surface area contributed by atoms with Crippen LogP contribution in [0.1, 0.15) is 60.8 Å². The largest absolute Gasteiger partial charge is 0.381 e. The van der Waals surface area contributed by atoms with E-state index in [0.29, 0.717) is 38.3 Å². The number of aromatic nitrogens is 2. The van der Waals surface area contributed by atoms with Gasteiger partial charge < -0.3 is 10.0 Å². The Morgan fingerprint density at radius 1 is 1.22 bits per heavy atom. The number of aryl methyl sites for hydroxylation is 2. The predicted octanol–water partition coefficient (Wildman–Crippen LogP) is 2.70. The first-order valence-electron chi connectivity index (χ1n) is 11.4. The molecule has 32 heavy (non-hydrogen) atoms. The number of rotatable bonds is 5. The third-order valence-corrected chi connectivity index (χ3v) is 6.43. The number of carbonyl (C=O) groups excluding carboxylic acids is 2. The molecule has 3 heterocycles. The van der Waals surface area contributed by atoms with Crippen LogP contribution in [0.4, 0.5) is 5.82 Å². The Kier molecular flexibility index (Phi) is 6.03. The van der Waals surface area contributed by atoms with Crippen LogP contribution in [0.25, 0.3) is 0 Å². The normalized spacial score (nSPS) is 18.8. The number of carbonyl (C=O) groups is 2. The number of hydrogen-bond donors (Lipinski definition) is 1. The highest BCUT2D eigenvalue weighted by Gasteiger charge is 2.37. The summed E-state index contributed by atoms with van der Waals surface area (Å²) < 4.78 is 0. The van der Waals surface area contributed by atoms with Crippen LogP contribution in [-0.2, 0) is 22.4 Å². The van der Waals surface area contributed by atoms with Crippen molar-refractivity contribution in [3.8, 4) is 0 Å². The van der Waals surface area contributed by atoms with Crippen molar-refractivity contribution < 1.29 is 14.7 Å². The molecule has 0 unspecified atom stereocenters. The van der Waals surface area contributed by atoms with Gasteiger partial charge in [0.15, 0.2) is 0 Å². The van der Waals surface area contributed by atoms with E-state index in [9.17, 15) is 14.7 Å². The molecule has 4 rings (SSSR count). The predicted molar refractivity (Wildman–Crippen MR) is 123 cm³/mol. The number of hydrogen-bond acceptors (Lipinski definition) is 5. The molecule has 1 saturated heterocycles. The van der Waals surface area contributed by atoms with E-state index in [0.717, 1.165) is 29.9 Å². The van der Waals surface area contributed by atoms with E-state index < -0.39 is 5.60 Å². The molecule has 2 amide bonds. The summed E-state index contributed by atoms with van der Waals surface area (Å²) in [5, 5.41) is 10.1. The van der Waals surface area contributed by atoms with Crippen molar-refractivity contribution in [2.24, 2.45) is 0 Å². The fourth-order valence-electron chi connectivity index (χ4n) is 4.67. The maximum absolute atomic E-state index is 12.8. The second-order valence-corrected chi connectivity index (χ2v) is 9.55. The van der Waals surface area contributed by atoms with Gasteiger partial charge in [0, 0.05) is 43.2 Å². The number of aliphatic hydroxyl groups is 1. The minimum Gasteiger partial charge on any atom is -0.381 e. The van der Waals surface area contributed by atoms with Crippen molar-refractivity contribution in [2.75, 3.05) is 24.5 Å². The quantitative estimate of drug-likeness (QED) is 0.779. The molecule has 1 N–H and O–H groups in total. The van der Waals surface area contributed by atoms with E-state index in [1.165, 1.54) is 25.0 Å². The Hall–Kier alpha value is -2.80. The van der Waals surface area contributed by atoms with Crippen LogP contribution in [0.3, 0.4) is 0 Å². The smallest absolute Gasteiger partial charge is 0.253 e. The van der Waals surface area contributed by atoms with Crippen LogP contribution >= 0.6 is 0 Å². The molecule has 7 heteroatoms. The molecule has 2 aliphatic rings. The van der Waals surface area contributed by atoms with Gasteiger partial charge in [0.25, 0.3) is 5.91 Å². The van der Waals surface area contributed by atoms with Gasteiger partial charge in [-0.1, -0.05) is 29.8 Å².